The van der Waals surface area contributed by atoms with Gasteiger partial charge in [-0.2, -0.15) is 5.10 Å². The molecule has 17 nitrogen and oxygen atoms in total. The van der Waals surface area contributed by atoms with Gasteiger partial charge in [0.15, 0.2) is 0 Å². The van der Waals surface area contributed by atoms with Gasteiger partial charge in [0.05, 0.1) is 24.0 Å². The van der Waals surface area contributed by atoms with Crippen LogP contribution in [0.3, 0.4) is 0 Å². The maximum atomic E-state index is 13.4. The summed E-state index contributed by atoms with van der Waals surface area (Å²) in [5, 5.41) is 13.2. The first-order valence-electron chi connectivity index (χ1n) is 18.7. The molecule has 0 aliphatic heterocycles. The van der Waals surface area contributed by atoms with Gasteiger partial charge in [-0.15, -0.1) is 0 Å². The van der Waals surface area contributed by atoms with Crippen molar-refractivity contribution in [1.82, 2.24) is 19.3 Å². The molecular formula is C42H52N10O7. The van der Waals surface area contributed by atoms with E-state index >= 15 is 0 Å². The number of fused-ring (bicyclic) bond motifs is 1. The van der Waals surface area contributed by atoms with Gasteiger partial charge in [0.25, 0.3) is 5.91 Å². The zero-order valence-corrected chi connectivity index (χ0v) is 34.3. The molecule has 2 aromatic heterocycles. The number of anilines is 4. The number of primary amides is 1. The second-order valence-corrected chi connectivity index (χ2v) is 13.8. The highest BCUT2D eigenvalue weighted by Crippen LogP contribution is 2.33. The monoisotopic (exact) mass is 808 g/mol. The second-order valence-electron chi connectivity index (χ2n) is 13.8. The number of ether oxygens (including phenoxy) is 3. The molecule has 59 heavy (non-hydrogen) atoms. The van der Waals surface area contributed by atoms with Gasteiger partial charge in [-0.05, 0) is 95.8 Å². The first-order valence-corrected chi connectivity index (χ1v) is 18.7. The number of carbonyl (C=O) groups is 4. The fraction of sp³-hybridized carbons (Fsp3) is 0.286. The Morgan fingerprint density at radius 3 is 2.39 bits per heavy atom. The molecular weight excluding hydrogens is 757 g/mol. The molecule has 0 fully saturated rings. The van der Waals surface area contributed by atoms with Crippen LogP contribution in [0.15, 0.2) is 72.8 Å². The average Bonchev–Trinajstić information content (AvgIpc) is 3.75. The van der Waals surface area contributed by atoms with Crippen LogP contribution in [0.1, 0.15) is 70.2 Å². The third kappa shape index (κ3) is 11.9. The standard InChI is InChI=1S/C41H47N9O7.CH5N/c1-7-50-32(18-25(2)48-50)38(53)47-39-46-31-20-27(24-51)21-34(55-6)36(31)49(39)16-9-8-15-44-35-30(42)22-28(37(43)52)23-33(35)56-17-11-13-26-12-10-14-29(19-26)45-40(54)57-41(3,4)5;1-2/h8-14,18-24,44H,7,15-17,42H2,1-6H3,(H2,43,52)(H,45,54)(H,46,47,53);2H2,1H3/b9-8+,13-11+;. The van der Waals surface area contributed by atoms with E-state index in [0.717, 1.165) is 5.56 Å². The normalized spacial score (nSPS) is 11.3. The molecule has 5 rings (SSSR count). The fourth-order valence-corrected chi connectivity index (χ4v) is 5.85. The summed E-state index contributed by atoms with van der Waals surface area (Å²) in [6.07, 6.45) is 7.46. The number of amides is 3. The lowest BCUT2D eigenvalue weighted by molar-refractivity contribution is 0.0635. The smallest absolute Gasteiger partial charge is 0.412 e. The number of nitrogens with two attached hydrogens (primary N) is 3. The first kappa shape index (κ1) is 44.6. The number of aromatic nitrogens is 4. The van der Waals surface area contributed by atoms with Gasteiger partial charge >= 0.3 is 6.09 Å². The SMILES string of the molecule is CCn1nc(C)cc1C(=O)Nc1nc2cc(C=O)cc(OC)c2n1C/C=C/CNc1c(N)cc(C(N)=O)cc1OC/C=C/c1cccc(NC(=O)OC(C)(C)C)c1.CN. The van der Waals surface area contributed by atoms with E-state index in [0.29, 0.717) is 70.2 Å². The van der Waals surface area contributed by atoms with Crippen molar-refractivity contribution in [3.05, 3.63) is 101 Å². The van der Waals surface area contributed by atoms with Gasteiger partial charge in [0.1, 0.15) is 46.9 Å². The van der Waals surface area contributed by atoms with Crippen molar-refractivity contribution < 1.29 is 33.4 Å². The highest BCUT2D eigenvalue weighted by atomic mass is 16.6. The molecule has 2 heterocycles. The number of rotatable bonds is 16. The highest BCUT2D eigenvalue weighted by molar-refractivity contribution is 6.03. The minimum atomic E-state index is -0.664. The van der Waals surface area contributed by atoms with Gasteiger partial charge in [-0.25, -0.2) is 9.78 Å². The van der Waals surface area contributed by atoms with Crippen LogP contribution in [0.4, 0.5) is 27.8 Å². The fourth-order valence-electron chi connectivity index (χ4n) is 5.85. The van der Waals surface area contributed by atoms with Crippen LogP contribution in [0, 0.1) is 6.92 Å². The highest BCUT2D eigenvalue weighted by Gasteiger charge is 2.21. The zero-order valence-electron chi connectivity index (χ0n) is 34.3. The van der Waals surface area contributed by atoms with Crippen LogP contribution in [0.25, 0.3) is 17.1 Å². The summed E-state index contributed by atoms with van der Waals surface area (Å²) in [4.78, 5) is 54.0. The molecule has 0 aliphatic carbocycles. The summed E-state index contributed by atoms with van der Waals surface area (Å²) < 4.78 is 20.4. The van der Waals surface area contributed by atoms with Gasteiger partial charge in [-0.3, -0.25) is 29.7 Å². The van der Waals surface area contributed by atoms with Gasteiger partial charge in [0, 0.05) is 36.4 Å². The van der Waals surface area contributed by atoms with Crippen LogP contribution in [-0.2, 0) is 17.8 Å². The largest absolute Gasteiger partial charge is 0.494 e. The maximum absolute atomic E-state index is 13.4. The minimum absolute atomic E-state index is 0.115. The number of aryl methyl sites for hydroxylation is 2. The summed E-state index contributed by atoms with van der Waals surface area (Å²) in [5.41, 5.74) is 20.6. The number of nitrogen functional groups attached to an aromatic ring is 1. The van der Waals surface area contributed by atoms with E-state index in [2.05, 4.69) is 31.8 Å². The number of methoxy groups -OCH3 is 1. The van der Waals surface area contributed by atoms with E-state index in [-0.39, 0.29) is 30.4 Å². The number of nitrogens with one attached hydrogen (secondary N) is 3. The van der Waals surface area contributed by atoms with Crippen molar-refractivity contribution in [1.29, 1.82) is 0 Å². The topological polar surface area (TPSA) is 246 Å². The van der Waals surface area contributed by atoms with Gasteiger partial charge < -0.3 is 41.3 Å². The van der Waals surface area contributed by atoms with Crippen LogP contribution < -0.4 is 42.6 Å². The minimum Gasteiger partial charge on any atom is -0.494 e. The van der Waals surface area contributed by atoms with Crippen molar-refractivity contribution in [3.63, 3.8) is 0 Å². The van der Waals surface area contributed by atoms with Gasteiger partial charge in [-0.1, -0.05) is 30.4 Å². The summed E-state index contributed by atoms with van der Waals surface area (Å²) >= 11 is 0. The Bertz CT molecular complexity index is 2360. The second kappa shape index (κ2) is 20.3. The molecule has 0 atom stereocenters. The van der Waals surface area contributed by atoms with Crippen molar-refractivity contribution in [2.45, 2.75) is 53.3 Å². The number of carbonyl (C=O) groups excluding carboxylic acids is 4. The number of hydrogen-bond donors (Lipinski definition) is 6. The molecule has 3 aromatic carbocycles. The van der Waals surface area contributed by atoms with Crippen LogP contribution in [0.2, 0.25) is 0 Å². The lowest BCUT2D eigenvalue weighted by atomic mass is 10.1. The Balaban J connectivity index is 0.00000378. The first-order chi connectivity index (χ1) is 28.2. The third-order valence-electron chi connectivity index (χ3n) is 8.29. The van der Waals surface area contributed by atoms with E-state index in [1.165, 1.54) is 26.3 Å². The van der Waals surface area contributed by atoms with Crippen LogP contribution in [0.5, 0.6) is 11.5 Å². The summed E-state index contributed by atoms with van der Waals surface area (Å²) in [5.74, 6) is -0.0908. The lowest BCUT2D eigenvalue weighted by Crippen LogP contribution is -2.27. The Hall–Kier alpha value is -7.14. The molecule has 0 bridgehead atoms. The van der Waals surface area contributed by atoms with E-state index in [9.17, 15) is 19.2 Å². The molecule has 9 N–H and O–H groups in total. The van der Waals surface area contributed by atoms with Crippen LogP contribution in [-0.4, -0.2) is 76.4 Å². The number of aldehydes is 1. The van der Waals surface area contributed by atoms with Crippen LogP contribution >= 0.6 is 0 Å². The average molecular weight is 809 g/mol. The molecule has 5 aromatic rings. The molecule has 17 heteroatoms. The predicted molar refractivity (Wildman–Crippen MR) is 230 cm³/mol. The van der Waals surface area contributed by atoms with E-state index in [4.69, 9.17) is 25.7 Å². The Morgan fingerprint density at radius 2 is 1.71 bits per heavy atom. The Kier molecular flexibility index (Phi) is 15.4. The van der Waals surface area contributed by atoms with E-state index in [1.54, 1.807) is 72.5 Å². The number of allylic oxidation sites excluding steroid dienone is 1. The Morgan fingerprint density at radius 1 is 0.949 bits per heavy atom. The maximum Gasteiger partial charge on any atom is 0.412 e. The zero-order chi connectivity index (χ0) is 43.3. The van der Waals surface area contributed by atoms with Crippen molar-refractivity contribution in [2.75, 3.05) is 49.0 Å². The molecule has 3 amide bonds. The molecule has 0 aliphatic rings. The molecule has 0 spiro atoms. The van der Waals surface area contributed by atoms with Crippen molar-refractivity contribution in [2.24, 2.45) is 11.5 Å². The third-order valence-corrected chi connectivity index (χ3v) is 8.29. The molecule has 0 saturated carbocycles. The quantitative estimate of drug-likeness (QED) is 0.0382. The molecule has 312 valence electrons. The summed E-state index contributed by atoms with van der Waals surface area (Å²) in [7, 11) is 2.99. The van der Waals surface area contributed by atoms with E-state index < -0.39 is 23.5 Å². The van der Waals surface area contributed by atoms with Gasteiger partial charge in [0.2, 0.25) is 11.9 Å². The number of hydrogen-bond acceptors (Lipinski definition) is 12. The molecule has 0 unspecified atom stereocenters. The molecule has 0 saturated heterocycles. The summed E-state index contributed by atoms with van der Waals surface area (Å²) in [6, 6.07) is 15.1. The predicted octanol–water partition coefficient (Wildman–Crippen LogP) is 6.00. The Labute approximate surface area is 342 Å². The number of benzene rings is 3. The van der Waals surface area contributed by atoms with Crippen molar-refractivity contribution in [3.8, 4) is 11.5 Å². The number of nitrogens with zero attached hydrogens (tertiary/aromatic N) is 4. The summed E-state index contributed by atoms with van der Waals surface area (Å²) in [6.45, 7) is 10.2. The van der Waals surface area contributed by atoms with E-state index in [1.807, 2.05) is 38.1 Å². The molecule has 0 radical (unpaired) electrons. The lowest BCUT2D eigenvalue weighted by Gasteiger charge is -2.19. The number of imidazole rings is 1. The van der Waals surface area contributed by atoms with Crippen molar-refractivity contribution >= 4 is 64.3 Å².